The Balaban J connectivity index is 1.76. The lowest BCUT2D eigenvalue weighted by atomic mass is 9.88. The van der Waals surface area contributed by atoms with Crippen molar-refractivity contribution in [2.45, 2.75) is 56.9 Å². The highest BCUT2D eigenvalue weighted by Crippen LogP contribution is 2.36. The third-order valence-electron chi connectivity index (χ3n) is 6.52. The first-order valence-electron chi connectivity index (χ1n) is 11.2. The van der Waals surface area contributed by atoms with Crippen LogP contribution in [0.15, 0.2) is 35.2 Å². The van der Waals surface area contributed by atoms with Crippen LogP contribution in [-0.4, -0.2) is 42.1 Å². The van der Waals surface area contributed by atoms with Gasteiger partial charge in [-0.1, -0.05) is 29.8 Å². The van der Waals surface area contributed by atoms with Crippen LogP contribution in [0.3, 0.4) is 0 Å². The van der Waals surface area contributed by atoms with E-state index in [9.17, 15) is 12.8 Å². The van der Waals surface area contributed by atoms with Crippen LogP contribution in [0.2, 0.25) is 5.02 Å². The first-order valence-corrected chi connectivity index (χ1v) is 13.1. The number of rotatable bonds is 7. The maximum absolute atomic E-state index is 14.9. The Morgan fingerprint density at radius 1 is 1.15 bits per heavy atom. The molecule has 0 saturated carbocycles. The summed E-state index contributed by atoms with van der Waals surface area (Å²) in [5, 5.41) is 14.5. The highest BCUT2D eigenvalue weighted by molar-refractivity contribution is 7.89. The molecule has 2 atom stereocenters. The molecule has 1 saturated heterocycles. The SMILES string of the molecule is Cc1ccc(F)c(C(C)C(NS(=O)(=O)c2ccc(Cl)cc2N2CCCCC2)c2nn[nH]n2)c1C. The molecule has 182 valence electrons. The topological polar surface area (TPSA) is 104 Å². The number of aryl methyl sites for hydroxylation is 1. The lowest BCUT2D eigenvalue weighted by molar-refractivity contribution is 0.478. The molecule has 1 fully saturated rings. The number of hydrogen-bond donors (Lipinski definition) is 2. The Morgan fingerprint density at radius 2 is 1.88 bits per heavy atom. The van der Waals surface area contributed by atoms with E-state index in [0.717, 1.165) is 43.5 Å². The van der Waals surface area contributed by atoms with Crippen molar-refractivity contribution in [3.63, 3.8) is 0 Å². The van der Waals surface area contributed by atoms with Crippen LogP contribution >= 0.6 is 11.6 Å². The summed E-state index contributed by atoms with van der Waals surface area (Å²) in [5.41, 5.74) is 2.62. The van der Waals surface area contributed by atoms with E-state index < -0.39 is 27.8 Å². The number of tetrazole rings is 1. The first kappa shape index (κ1) is 24.6. The number of halogens is 2. The Kier molecular flexibility index (Phi) is 7.20. The predicted molar refractivity (Wildman–Crippen MR) is 129 cm³/mol. The maximum atomic E-state index is 14.9. The van der Waals surface area contributed by atoms with Crippen molar-refractivity contribution in [2.75, 3.05) is 18.0 Å². The zero-order valence-electron chi connectivity index (χ0n) is 19.3. The van der Waals surface area contributed by atoms with Gasteiger partial charge in [0.15, 0.2) is 5.82 Å². The summed E-state index contributed by atoms with van der Waals surface area (Å²) in [4.78, 5) is 2.15. The van der Waals surface area contributed by atoms with Crippen molar-refractivity contribution >= 4 is 27.3 Å². The number of piperidine rings is 1. The molecule has 0 amide bonds. The number of sulfonamides is 1. The molecule has 0 radical (unpaired) electrons. The van der Waals surface area contributed by atoms with E-state index in [1.807, 2.05) is 18.7 Å². The molecule has 0 aliphatic carbocycles. The van der Waals surface area contributed by atoms with Gasteiger partial charge in [-0.05, 0) is 74.1 Å². The number of benzene rings is 2. The van der Waals surface area contributed by atoms with Crippen LogP contribution in [0.25, 0.3) is 0 Å². The van der Waals surface area contributed by atoms with Crippen LogP contribution in [0.1, 0.15) is 60.7 Å². The van der Waals surface area contributed by atoms with Gasteiger partial charge in [0.1, 0.15) is 10.7 Å². The molecule has 2 heterocycles. The largest absolute Gasteiger partial charge is 0.370 e. The van der Waals surface area contributed by atoms with Crippen LogP contribution in [0.5, 0.6) is 0 Å². The molecule has 1 aliphatic rings. The van der Waals surface area contributed by atoms with Gasteiger partial charge in [-0.2, -0.15) is 9.94 Å². The van der Waals surface area contributed by atoms with Gasteiger partial charge in [-0.25, -0.2) is 12.8 Å². The maximum Gasteiger partial charge on any atom is 0.243 e. The zero-order chi connectivity index (χ0) is 24.5. The fraction of sp³-hybridized carbons (Fsp3) is 0.435. The minimum Gasteiger partial charge on any atom is -0.370 e. The second kappa shape index (κ2) is 9.97. The van der Waals surface area contributed by atoms with Crippen molar-refractivity contribution < 1.29 is 12.8 Å². The van der Waals surface area contributed by atoms with Crippen LogP contribution in [-0.2, 0) is 10.0 Å². The Bertz CT molecular complexity index is 1260. The minimum absolute atomic E-state index is 0.112. The van der Waals surface area contributed by atoms with E-state index in [4.69, 9.17) is 11.6 Å². The first-order chi connectivity index (χ1) is 16.2. The molecule has 8 nitrogen and oxygen atoms in total. The monoisotopic (exact) mass is 506 g/mol. The van der Waals surface area contributed by atoms with Crippen LogP contribution in [0.4, 0.5) is 10.1 Å². The summed E-state index contributed by atoms with van der Waals surface area (Å²) < 4.78 is 45.1. The van der Waals surface area contributed by atoms with Gasteiger partial charge in [0, 0.05) is 24.0 Å². The highest BCUT2D eigenvalue weighted by Gasteiger charge is 2.34. The molecule has 1 aliphatic heterocycles. The molecule has 0 bridgehead atoms. The van der Waals surface area contributed by atoms with Crippen molar-refractivity contribution in [3.8, 4) is 0 Å². The van der Waals surface area contributed by atoms with E-state index in [1.54, 1.807) is 25.1 Å². The van der Waals surface area contributed by atoms with E-state index in [0.29, 0.717) is 16.3 Å². The molecule has 2 N–H and O–H groups in total. The van der Waals surface area contributed by atoms with Gasteiger partial charge in [0.25, 0.3) is 0 Å². The molecule has 11 heteroatoms. The van der Waals surface area contributed by atoms with Gasteiger partial charge in [-0.15, -0.1) is 10.2 Å². The van der Waals surface area contributed by atoms with Gasteiger partial charge < -0.3 is 4.90 Å². The molecule has 0 spiro atoms. The molecule has 2 aromatic carbocycles. The third kappa shape index (κ3) is 4.94. The van der Waals surface area contributed by atoms with Gasteiger partial charge >= 0.3 is 0 Å². The Labute approximate surface area is 204 Å². The number of nitrogens with zero attached hydrogens (tertiary/aromatic N) is 4. The quantitative estimate of drug-likeness (QED) is 0.491. The fourth-order valence-electron chi connectivity index (χ4n) is 4.54. The Morgan fingerprint density at radius 3 is 2.56 bits per heavy atom. The number of hydrogen-bond acceptors (Lipinski definition) is 6. The number of nitrogens with one attached hydrogen (secondary N) is 2. The summed E-state index contributed by atoms with van der Waals surface area (Å²) in [6.07, 6.45) is 3.07. The van der Waals surface area contributed by atoms with E-state index in [2.05, 4.69) is 25.3 Å². The molecule has 3 aromatic rings. The lowest BCUT2D eigenvalue weighted by Gasteiger charge is -2.31. The summed E-state index contributed by atoms with van der Waals surface area (Å²) in [6, 6.07) is 6.88. The van der Waals surface area contributed by atoms with Crippen molar-refractivity contribution in [1.29, 1.82) is 0 Å². The third-order valence-corrected chi connectivity index (χ3v) is 8.24. The van der Waals surface area contributed by atoms with E-state index in [1.165, 1.54) is 12.1 Å². The highest BCUT2D eigenvalue weighted by atomic mass is 35.5. The average molecular weight is 507 g/mol. The smallest absolute Gasteiger partial charge is 0.243 e. The second-order valence-corrected chi connectivity index (χ2v) is 10.8. The number of anilines is 1. The van der Waals surface area contributed by atoms with E-state index >= 15 is 0 Å². The summed E-state index contributed by atoms with van der Waals surface area (Å²) in [7, 11) is -4.07. The number of H-pyrrole nitrogens is 1. The van der Waals surface area contributed by atoms with Gasteiger partial charge in [0.05, 0.1) is 11.7 Å². The standard InChI is InChI=1S/C23H28ClFN6O2S/c1-14-7-9-18(25)21(15(14)2)16(3)22(23-26-29-30-27-23)28-34(32,33)20-10-8-17(24)13-19(20)31-11-5-4-6-12-31/h7-10,13,16,22,28H,4-6,11-12H2,1-3H3,(H,26,27,29,30). The average Bonchev–Trinajstić information content (AvgIpc) is 3.35. The molecular formula is C23H28ClFN6O2S. The number of aromatic amines is 1. The molecule has 34 heavy (non-hydrogen) atoms. The fourth-order valence-corrected chi connectivity index (χ4v) is 6.19. The van der Waals surface area contributed by atoms with Crippen LogP contribution in [0, 0.1) is 19.7 Å². The minimum atomic E-state index is -4.07. The zero-order valence-corrected chi connectivity index (χ0v) is 20.9. The molecule has 4 rings (SSSR count). The van der Waals surface area contributed by atoms with Gasteiger partial charge in [0.2, 0.25) is 10.0 Å². The van der Waals surface area contributed by atoms with Gasteiger partial charge in [-0.3, -0.25) is 0 Å². The molecule has 2 unspecified atom stereocenters. The molecule has 1 aromatic heterocycles. The Hall–Kier alpha value is -2.56. The lowest BCUT2D eigenvalue weighted by Crippen LogP contribution is -2.36. The van der Waals surface area contributed by atoms with Crippen molar-refractivity contribution in [2.24, 2.45) is 0 Å². The summed E-state index contributed by atoms with van der Waals surface area (Å²) in [5.74, 6) is -0.897. The van der Waals surface area contributed by atoms with Crippen LogP contribution < -0.4 is 9.62 Å². The summed E-state index contributed by atoms with van der Waals surface area (Å²) >= 11 is 6.24. The van der Waals surface area contributed by atoms with E-state index in [-0.39, 0.29) is 10.7 Å². The molecular weight excluding hydrogens is 479 g/mol. The number of aromatic nitrogens is 4. The summed E-state index contributed by atoms with van der Waals surface area (Å²) in [6.45, 7) is 6.96. The normalized spacial score (nSPS) is 16.4. The second-order valence-electron chi connectivity index (χ2n) is 8.72. The van der Waals surface area contributed by atoms with Crippen molar-refractivity contribution in [3.05, 3.63) is 63.7 Å². The van der Waals surface area contributed by atoms with Crippen molar-refractivity contribution in [1.82, 2.24) is 25.3 Å². The predicted octanol–water partition coefficient (Wildman–Crippen LogP) is 4.42.